The highest BCUT2D eigenvalue weighted by Gasteiger charge is 2.07. The predicted octanol–water partition coefficient (Wildman–Crippen LogP) is 5.60. The summed E-state index contributed by atoms with van der Waals surface area (Å²) < 4.78 is 25.9. The van der Waals surface area contributed by atoms with Crippen LogP contribution in [0, 0.1) is 0 Å². The van der Waals surface area contributed by atoms with E-state index in [1.165, 1.54) is 70.6 Å². The number of phosphoric ester groups is 1. The Hall–Kier alpha value is 0.550. The second-order valence-electron chi connectivity index (χ2n) is 6.30. The highest BCUT2D eigenvalue weighted by Crippen LogP contribution is 2.37. The minimum Gasteiger partial charge on any atom is -0.756 e. The molecular formula is C18H37BrO5P-. The van der Waals surface area contributed by atoms with Crippen molar-refractivity contribution < 1.29 is 23.2 Å². The van der Waals surface area contributed by atoms with Gasteiger partial charge in [-0.3, -0.25) is 4.57 Å². The van der Waals surface area contributed by atoms with Crippen LogP contribution in [0.3, 0.4) is 0 Å². The van der Waals surface area contributed by atoms with Gasteiger partial charge in [0.25, 0.3) is 7.82 Å². The Balaban J connectivity index is 3.15. The second kappa shape index (κ2) is 19.3. The van der Waals surface area contributed by atoms with E-state index >= 15 is 0 Å². The highest BCUT2D eigenvalue weighted by atomic mass is 79.9. The average Bonchev–Trinajstić information content (AvgIpc) is 2.59. The molecule has 0 aliphatic carbocycles. The lowest BCUT2D eigenvalue weighted by molar-refractivity contribution is -0.225. The summed E-state index contributed by atoms with van der Waals surface area (Å²) in [4.78, 5) is 11.2. The van der Waals surface area contributed by atoms with Gasteiger partial charge in [-0.05, 0) is 6.42 Å². The van der Waals surface area contributed by atoms with Crippen LogP contribution in [-0.2, 0) is 18.3 Å². The van der Waals surface area contributed by atoms with E-state index in [0.717, 1.165) is 6.42 Å². The Bertz CT molecular complexity index is 318. The zero-order chi connectivity index (χ0) is 18.6. The van der Waals surface area contributed by atoms with Gasteiger partial charge in [-0.1, -0.05) is 93.5 Å². The van der Waals surface area contributed by atoms with Gasteiger partial charge in [0, 0.05) is 11.9 Å². The zero-order valence-electron chi connectivity index (χ0n) is 15.9. The van der Waals surface area contributed by atoms with Gasteiger partial charge >= 0.3 is 0 Å². The first-order chi connectivity index (χ1) is 12.1. The minimum atomic E-state index is -4.16. The molecule has 1 unspecified atom stereocenters. The molecule has 0 amide bonds. The number of rotatable bonds is 20. The number of hydrogen-bond donors (Lipinski definition) is 0. The first kappa shape index (κ1) is 25.6. The predicted molar refractivity (Wildman–Crippen MR) is 105 cm³/mol. The summed E-state index contributed by atoms with van der Waals surface area (Å²) in [5.74, 6) is 0. The van der Waals surface area contributed by atoms with Crippen LogP contribution < -0.4 is 4.89 Å². The molecule has 0 aliphatic heterocycles. The highest BCUT2D eigenvalue weighted by molar-refractivity contribution is 9.09. The fourth-order valence-corrected chi connectivity index (χ4v) is 3.64. The normalized spacial score (nSPS) is 13.9. The van der Waals surface area contributed by atoms with Crippen molar-refractivity contribution in [3.05, 3.63) is 0 Å². The van der Waals surface area contributed by atoms with Crippen LogP contribution in [0.25, 0.3) is 0 Å². The van der Waals surface area contributed by atoms with Crippen molar-refractivity contribution in [3.63, 3.8) is 0 Å². The third kappa shape index (κ3) is 20.7. The lowest BCUT2D eigenvalue weighted by atomic mass is 10.1. The van der Waals surface area contributed by atoms with Gasteiger partial charge in [-0.25, -0.2) is 0 Å². The Morgan fingerprint density at radius 3 is 1.72 bits per heavy atom. The molecule has 152 valence electrons. The van der Waals surface area contributed by atoms with Gasteiger partial charge in [-0.15, -0.1) is 0 Å². The maximum atomic E-state index is 11.2. The zero-order valence-corrected chi connectivity index (χ0v) is 18.4. The fourth-order valence-electron chi connectivity index (χ4n) is 2.54. The summed E-state index contributed by atoms with van der Waals surface area (Å²) in [6, 6.07) is 0. The third-order valence-electron chi connectivity index (χ3n) is 3.95. The standard InChI is InChI=1S/C18H38BrO5P/c1-2-3-4-5-6-7-8-9-10-11-12-13-15-22-17-18-24-25(20,21)23-16-14-19/h2-18H2,1H3,(H,20,21)/p-1. The van der Waals surface area contributed by atoms with Gasteiger partial charge < -0.3 is 18.7 Å². The van der Waals surface area contributed by atoms with Crippen molar-refractivity contribution >= 4 is 23.8 Å². The first-order valence-electron chi connectivity index (χ1n) is 9.86. The molecule has 0 aromatic rings. The molecule has 0 fully saturated rings. The number of hydrogen-bond acceptors (Lipinski definition) is 5. The Morgan fingerprint density at radius 2 is 1.20 bits per heavy atom. The van der Waals surface area contributed by atoms with Gasteiger partial charge in [-0.2, -0.15) is 0 Å². The van der Waals surface area contributed by atoms with E-state index in [1.807, 2.05) is 0 Å². The topological polar surface area (TPSA) is 67.8 Å². The van der Waals surface area contributed by atoms with E-state index in [9.17, 15) is 9.46 Å². The van der Waals surface area contributed by atoms with Crippen LogP contribution in [0.5, 0.6) is 0 Å². The number of ether oxygens (including phenoxy) is 1. The van der Waals surface area contributed by atoms with Crippen molar-refractivity contribution in [1.29, 1.82) is 0 Å². The molecule has 0 radical (unpaired) electrons. The SMILES string of the molecule is CCCCCCCCCCCCCCOCCOP(=O)([O-])OCCBr. The summed E-state index contributed by atoms with van der Waals surface area (Å²) >= 11 is 3.09. The smallest absolute Gasteiger partial charge is 0.267 e. The fraction of sp³-hybridized carbons (Fsp3) is 1.00. The van der Waals surface area contributed by atoms with Gasteiger partial charge in [0.05, 0.1) is 19.8 Å². The molecule has 1 atom stereocenters. The molecular weight excluding hydrogens is 407 g/mol. The van der Waals surface area contributed by atoms with E-state index in [1.54, 1.807) is 0 Å². The average molecular weight is 444 g/mol. The van der Waals surface area contributed by atoms with Crippen LogP contribution >= 0.6 is 23.8 Å². The summed E-state index contributed by atoms with van der Waals surface area (Å²) in [7, 11) is -4.16. The lowest BCUT2D eigenvalue weighted by Gasteiger charge is -2.21. The molecule has 25 heavy (non-hydrogen) atoms. The van der Waals surface area contributed by atoms with Crippen molar-refractivity contribution in [2.24, 2.45) is 0 Å². The number of phosphoric acid groups is 1. The molecule has 0 saturated heterocycles. The van der Waals surface area contributed by atoms with E-state index in [0.29, 0.717) is 11.9 Å². The number of halogens is 1. The number of alkyl halides is 1. The Kier molecular flexibility index (Phi) is 19.7. The van der Waals surface area contributed by atoms with E-state index < -0.39 is 7.82 Å². The number of unbranched alkanes of at least 4 members (excludes halogenated alkanes) is 11. The van der Waals surface area contributed by atoms with Crippen molar-refractivity contribution in [3.8, 4) is 0 Å². The molecule has 0 heterocycles. The monoisotopic (exact) mass is 443 g/mol. The quantitative estimate of drug-likeness (QED) is 0.139. The molecule has 0 rings (SSSR count). The molecule has 0 saturated carbocycles. The largest absolute Gasteiger partial charge is 0.756 e. The van der Waals surface area contributed by atoms with E-state index in [4.69, 9.17) is 4.74 Å². The maximum absolute atomic E-state index is 11.2. The third-order valence-corrected chi connectivity index (χ3v) is 5.27. The Labute approximate surface area is 162 Å². The van der Waals surface area contributed by atoms with Crippen molar-refractivity contribution in [2.75, 3.05) is 31.8 Å². The summed E-state index contributed by atoms with van der Waals surface area (Å²) in [5, 5.41) is 0.456. The lowest BCUT2D eigenvalue weighted by Crippen LogP contribution is -2.13. The summed E-state index contributed by atoms with van der Waals surface area (Å²) in [6.45, 7) is 3.29. The maximum Gasteiger partial charge on any atom is 0.267 e. The minimum absolute atomic E-state index is 0.0152. The molecule has 0 aromatic carbocycles. The first-order valence-corrected chi connectivity index (χ1v) is 12.4. The van der Waals surface area contributed by atoms with Crippen molar-refractivity contribution in [2.45, 2.75) is 84.0 Å². The van der Waals surface area contributed by atoms with Crippen LogP contribution in [0.1, 0.15) is 84.0 Å². The van der Waals surface area contributed by atoms with Gasteiger partial charge in [0.15, 0.2) is 0 Å². The molecule has 0 aromatic heterocycles. The molecule has 5 nitrogen and oxygen atoms in total. The molecule has 7 heteroatoms. The van der Waals surface area contributed by atoms with Gasteiger partial charge in [0.1, 0.15) is 0 Å². The van der Waals surface area contributed by atoms with E-state index in [2.05, 4.69) is 31.9 Å². The molecule has 0 aliphatic rings. The molecule has 0 N–H and O–H groups in total. The Morgan fingerprint density at radius 1 is 0.720 bits per heavy atom. The summed E-state index contributed by atoms with van der Waals surface area (Å²) in [5.41, 5.74) is 0. The summed E-state index contributed by atoms with van der Waals surface area (Å²) in [6.07, 6.45) is 15.8. The second-order valence-corrected chi connectivity index (χ2v) is 8.51. The van der Waals surface area contributed by atoms with Crippen LogP contribution in [0.4, 0.5) is 0 Å². The van der Waals surface area contributed by atoms with Crippen LogP contribution in [-0.4, -0.2) is 31.8 Å². The van der Waals surface area contributed by atoms with Crippen LogP contribution in [0.15, 0.2) is 0 Å². The molecule has 0 bridgehead atoms. The van der Waals surface area contributed by atoms with Crippen molar-refractivity contribution in [1.82, 2.24) is 0 Å². The van der Waals surface area contributed by atoms with E-state index in [-0.39, 0.29) is 19.8 Å². The van der Waals surface area contributed by atoms with Gasteiger partial charge in [0.2, 0.25) is 0 Å². The van der Waals surface area contributed by atoms with Crippen LogP contribution in [0.2, 0.25) is 0 Å². The molecule has 0 spiro atoms.